The molecule has 0 aliphatic heterocycles. The van der Waals surface area contributed by atoms with Crippen molar-refractivity contribution in [2.75, 3.05) is 0 Å². The number of ether oxygens (including phenoxy) is 1. The van der Waals surface area contributed by atoms with Crippen LogP contribution in [0.15, 0.2) is 50.3 Å². The number of benzene rings is 1. The SMILES string of the molecule is O=C(Oc1ccc2c3c(c(=O)oc2c1)CCC3)c1cncc(Br)c1. The summed E-state index contributed by atoms with van der Waals surface area (Å²) in [6.07, 6.45) is 5.62. The highest BCUT2D eigenvalue weighted by molar-refractivity contribution is 9.10. The zero-order chi connectivity index (χ0) is 16.7. The molecule has 0 saturated carbocycles. The minimum Gasteiger partial charge on any atom is -0.423 e. The summed E-state index contributed by atoms with van der Waals surface area (Å²) in [5.74, 6) is -0.194. The Bertz CT molecular complexity index is 1030. The lowest BCUT2D eigenvalue weighted by Crippen LogP contribution is -2.09. The van der Waals surface area contributed by atoms with Crippen molar-refractivity contribution in [1.82, 2.24) is 4.98 Å². The highest BCUT2D eigenvalue weighted by atomic mass is 79.9. The van der Waals surface area contributed by atoms with Gasteiger partial charge in [-0.25, -0.2) is 9.59 Å². The van der Waals surface area contributed by atoms with E-state index >= 15 is 0 Å². The van der Waals surface area contributed by atoms with Crippen molar-refractivity contribution in [2.24, 2.45) is 0 Å². The van der Waals surface area contributed by atoms with E-state index in [2.05, 4.69) is 20.9 Å². The molecule has 5 nitrogen and oxygen atoms in total. The third-order valence-electron chi connectivity index (χ3n) is 4.10. The van der Waals surface area contributed by atoms with E-state index in [4.69, 9.17) is 9.15 Å². The third kappa shape index (κ3) is 2.63. The number of fused-ring (bicyclic) bond motifs is 3. The molecule has 0 amide bonds. The fourth-order valence-electron chi connectivity index (χ4n) is 3.02. The highest BCUT2D eigenvalue weighted by Crippen LogP contribution is 2.29. The van der Waals surface area contributed by atoms with Gasteiger partial charge in [-0.1, -0.05) is 0 Å². The predicted molar refractivity (Wildman–Crippen MR) is 91.4 cm³/mol. The van der Waals surface area contributed by atoms with Crippen LogP contribution in [0.3, 0.4) is 0 Å². The molecule has 0 bridgehead atoms. The zero-order valence-corrected chi connectivity index (χ0v) is 14.1. The van der Waals surface area contributed by atoms with E-state index in [-0.39, 0.29) is 5.63 Å². The van der Waals surface area contributed by atoms with Gasteiger partial charge in [0.2, 0.25) is 0 Å². The first kappa shape index (κ1) is 15.1. The molecule has 0 atom stereocenters. The van der Waals surface area contributed by atoms with Crippen molar-refractivity contribution in [2.45, 2.75) is 19.3 Å². The van der Waals surface area contributed by atoms with Gasteiger partial charge in [-0.05, 0) is 59.0 Å². The molecule has 3 aromatic rings. The molecule has 1 aliphatic carbocycles. The molecule has 1 aliphatic rings. The molecule has 0 spiro atoms. The number of pyridine rings is 1. The van der Waals surface area contributed by atoms with Gasteiger partial charge < -0.3 is 9.15 Å². The second kappa shape index (κ2) is 5.87. The predicted octanol–water partition coefficient (Wildman–Crippen LogP) is 3.66. The van der Waals surface area contributed by atoms with E-state index in [0.717, 1.165) is 35.8 Å². The average Bonchev–Trinajstić information content (AvgIpc) is 3.05. The van der Waals surface area contributed by atoms with Crippen molar-refractivity contribution < 1.29 is 13.9 Å². The van der Waals surface area contributed by atoms with Crippen molar-refractivity contribution >= 4 is 32.9 Å². The Morgan fingerprint density at radius 1 is 1.17 bits per heavy atom. The lowest BCUT2D eigenvalue weighted by atomic mass is 10.1. The third-order valence-corrected chi connectivity index (χ3v) is 4.53. The maximum Gasteiger partial charge on any atom is 0.345 e. The molecule has 4 rings (SSSR count). The minimum atomic E-state index is -0.522. The molecule has 0 radical (unpaired) electrons. The van der Waals surface area contributed by atoms with Gasteiger partial charge in [-0.3, -0.25) is 4.98 Å². The number of hydrogen-bond donors (Lipinski definition) is 0. The Labute approximate surface area is 145 Å². The maximum absolute atomic E-state index is 12.2. The smallest absolute Gasteiger partial charge is 0.345 e. The van der Waals surface area contributed by atoms with Crippen LogP contribution in [-0.2, 0) is 12.8 Å². The fourth-order valence-corrected chi connectivity index (χ4v) is 3.38. The maximum atomic E-state index is 12.2. The lowest BCUT2D eigenvalue weighted by molar-refractivity contribution is 0.0734. The molecule has 24 heavy (non-hydrogen) atoms. The van der Waals surface area contributed by atoms with Crippen molar-refractivity contribution in [3.8, 4) is 5.75 Å². The Morgan fingerprint density at radius 2 is 2.00 bits per heavy atom. The second-order valence-corrected chi connectivity index (χ2v) is 6.56. The number of carbonyl (C=O) groups is 1. The summed E-state index contributed by atoms with van der Waals surface area (Å²) in [5, 5.41) is 0.908. The van der Waals surface area contributed by atoms with Gasteiger partial charge in [0.15, 0.2) is 0 Å². The number of nitrogens with zero attached hydrogens (tertiary/aromatic N) is 1. The van der Waals surface area contributed by atoms with Crippen molar-refractivity contribution in [1.29, 1.82) is 0 Å². The molecule has 1 aromatic carbocycles. The number of hydrogen-bond acceptors (Lipinski definition) is 5. The van der Waals surface area contributed by atoms with Gasteiger partial charge in [-0.15, -0.1) is 0 Å². The summed E-state index contributed by atoms with van der Waals surface area (Å²) >= 11 is 3.26. The number of aromatic nitrogens is 1. The summed E-state index contributed by atoms with van der Waals surface area (Å²) in [5.41, 5.74) is 2.30. The van der Waals surface area contributed by atoms with E-state index in [1.807, 2.05) is 6.07 Å². The van der Waals surface area contributed by atoms with E-state index in [0.29, 0.717) is 21.4 Å². The Kier molecular flexibility index (Phi) is 3.69. The van der Waals surface area contributed by atoms with Crippen LogP contribution in [-0.4, -0.2) is 11.0 Å². The zero-order valence-electron chi connectivity index (χ0n) is 12.5. The molecule has 0 fully saturated rings. The molecule has 0 saturated heterocycles. The van der Waals surface area contributed by atoms with E-state index in [1.54, 1.807) is 24.4 Å². The molecule has 0 unspecified atom stereocenters. The van der Waals surface area contributed by atoms with Crippen LogP contribution in [0.2, 0.25) is 0 Å². The van der Waals surface area contributed by atoms with Gasteiger partial charge in [0.25, 0.3) is 0 Å². The Hall–Kier alpha value is -2.47. The molecule has 2 aromatic heterocycles. The number of carbonyl (C=O) groups excluding carboxylic acids is 1. The van der Waals surface area contributed by atoms with Crippen LogP contribution in [0.5, 0.6) is 5.75 Å². The Balaban J connectivity index is 1.70. The first-order chi connectivity index (χ1) is 11.6. The summed E-state index contributed by atoms with van der Waals surface area (Å²) in [7, 11) is 0. The van der Waals surface area contributed by atoms with Crippen molar-refractivity contribution in [3.05, 3.63) is 68.2 Å². The summed E-state index contributed by atoms with van der Waals surface area (Å²) in [6.45, 7) is 0. The number of esters is 1. The van der Waals surface area contributed by atoms with E-state index < -0.39 is 5.97 Å². The first-order valence-electron chi connectivity index (χ1n) is 7.53. The topological polar surface area (TPSA) is 69.4 Å². The fraction of sp³-hybridized carbons (Fsp3) is 0.167. The number of halogens is 1. The largest absolute Gasteiger partial charge is 0.423 e. The molecular weight excluding hydrogens is 374 g/mol. The minimum absolute atomic E-state index is 0.297. The van der Waals surface area contributed by atoms with Gasteiger partial charge in [0, 0.05) is 33.9 Å². The highest BCUT2D eigenvalue weighted by Gasteiger charge is 2.20. The van der Waals surface area contributed by atoms with Gasteiger partial charge in [0.1, 0.15) is 11.3 Å². The van der Waals surface area contributed by atoms with Crippen LogP contribution in [0.4, 0.5) is 0 Å². The lowest BCUT2D eigenvalue weighted by Gasteiger charge is -2.07. The first-order valence-corrected chi connectivity index (χ1v) is 8.32. The van der Waals surface area contributed by atoms with E-state index in [9.17, 15) is 9.59 Å². The molecule has 2 heterocycles. The van der Waals surface area contributed by atoms with Gasteiger partial charge >= 0.3 is 11.6 Å². The standard InChI is InChI=1S/C18H12BrNO4/c19-11-6-10(8-20-9-11)17(21)23-12-4-5-14-13-2-1-3-15(13)18(22)24-16(14)7-12/h4-9H,1-3H2. The normalized spacial score (nSPS) is 13.0. The average molecular weight is 386 g/mol. The van der Waals surface area contributed by atoms with Gasteiger partial charge in [0.05, 0.1) is 5.56 Å². The Morgan fingerprint density at radius 3 is 2.83 bits per heavy atom. The van der Waals surface area contributed by atoms with Crippen LogP contribution in [0.1, 0.15) is 27.9 Å². The molecule has 6 heteroatoms. The van der Waals surface area contributed by atoms with Crippen LogP contribution in [0, 0.1) is 0 Å². The second-order valence-electron chi connectivity index (χ2n) is 5.64. The van der Waals surface area contributed by atoms with Gasteiger partial charge in [-0.2, -0.15) is 0 Å². The van der Waals surface area contributed by atoms with Crippen LogP contribution >= 0.6 is 15.9 Å². The summed E-state index contributed by atoms with van der Waals surface area (Å²) < 4.78 is 11.4. The molecule has 0 N–H and O–H groups in total. The molecular formula is C18H12BrNO4. The summed E-state index contributed by atoms with van der Waals surface area (Å²) in [6, 6.07) is 6.76. The van der Waals surface area contributed by atoms with Crippen molar-refractivity contribution in [3.63, 3.8) is 0 Å². The van der Waals surface area contributed by atoms with E-state index in [1.165, 1.54) is 6.20 Å². The number of aryl methyl sites for hydroxylation is 1. The quantitative estimate of drug-likeness (QED) is 0.382. The van der Waals surface area contributed by atoms with Crippen LogP contribution < -0.4 is 10.4 Å². The summed E-state index contributed by atoms with van der Waals surface area (Å²) in [4.78, 5) is 28.2. The monoisotopic (exact) mass is 385 g/mol. The molecule has 120 valence electrons. The van der Waals surface area contributed by atoms with Crippen LogP contribution in [0.25, 0.3) is 11.0 Å². The number of rotatable bonds is 2.